The predicted molar refractivity (Wildman–Crippen MR) is 94.1 cm³/mol. The zero-order valence-corrected chi connectivity index (χ0v) is 15.0. The van der Waals surface area contributed by atoms with Crippen LogP contribution in [0.1, 0.15) is 24.0 Å². The van der Waals surface area contributed by atoms with Crippen molar-refractivity contribution in [1.29, 1.82) is 0 Å². The van der Waals surface area contributed by atoms with E-state index in [0.29, 0.717) is 24.8 Å². The minimum absolute atomic E-state index is 0.189. The normalized spacial score (nSPS) is 17.2. The van der Waals surface area contributed by atoms with Crippen LogP contribution in [0.3, 0.4) is 0 Å². The molecule has 3 rings (SSSR count). The van der Waals surface area contributed by atoms with Crippen LogP contribution in [-0.4, -0.2) is 13.2 Å². The van der Waals surface area contributed by atoms with E-state index in [9.17, 15) is 4.39 Å². The van der Waals surface area contributed by atoms with E-state index >= 15 is 0 Å². The van der Waals surface area contributed by atoms with Gasteiger partial charge >= 0.3 is 0 Å². The molecule has 2 aromatic carbocycles. The first kappa shape index (κ1) is 16.9. The van der Waals surface area contributed by atoms with E-state index in [2.05, 4.69) is 21.2 Å². The van der Waals surface area contributed by atoms with Gasteiger partial charge in [-0.05, 0) is 48.2 Å². The average Bonchev–Trinajstić information content (AvgIpc) is 2.55. The summed E-state index contributed by atoms with van der Waals surface area (Å²) in [4.78, 5) is 0. The maximum atomic E-state index is 13.3. The molecule has 0 atom stereocenters. The molecule has 0 saturated carbocycles. The number of hydrogen-bond donors (Lipinski definition) is 1. The molecule has 1 heterocycles. The lowest BCUT2D eigenvalue weighted by Crippen LogP contribution is -2.46. The van der Waals surface area contributed by atoms with Crippen LogP contribution < -0.4 is 5.32 Å². The molecule has 23 heavy (non-hydrogen) atoms. The van der Waals surface area contributed by atoms with Gasteiger partial charge in [-0.1, -0.05) is 45.7 Å². The molecule has 1 fully saturated rings. The first-order valence-corrected chi connectivity index (χ1v) is 8.79. The van der Waals surface area contributed by atoms with Gasteiger partial charge in [0.15, 0.2) is 0 Å². The molecule has 0 spiro atoms. The van der Waals surface area contributed by atoms with Crippen LogP contribution in [0, 0.1) is 5.82 Å². The van der Waals surface area contributed by atoms with Gasteiger partial charge in [-0.2, -0.15) is 0 Å². The number of benzene rings is 2. The van der Waals surface area contributed by atoms with E-state index in [-0.39, 0.29) is 11.4 Å². The van der Waals surface area contributed by atoms with Crippen molar-refractivity contribution in [1.82, 2.24) is 5.32 Å². The molecular formula is C18H18BrClFNO. The highest BCUT2D eigenvalue weighted by Crippen LogP contribution is 2.33. The fourth-order valence-corrected chi connectivity index (χ4v) is 3.81. The lowest BCUT2D eigenvalue weighted by Gasteiger charge is -2.39. The summed E-state index contributed by atoms with van der Waals surface area (Å²) in [6.45, 7) is 2.10. The van der Waals surface area contributed by atoms with Crippen molar-refractivity contribution in [2.75, 3.05) is 13.2 Å². The molecule has 0 unspecified atom stereocenters. The van der Waals surface area contributed by atoms with Crippen LogP contribution in [0.15, 0.2) is 46.9 Å². The predicted octanol–water partition coefficient (Wildman–Crippen LogP) is 5.04. The third kappa shape index (κ3) is 3.94. The Bertz CT molecular complexity index is 671. The highest BCUT2D eigenvalue weighted by Gasteiger charge is 2.34. The van der Waals surface area contributed by atoms with Crippen LogP contribution in [0.2, 0.25) is 5.02 Å². The summed E-state index contributed by atoms with van der Waals surface area (Å²) in [5, 5.41) is 4.38. The molecule has 0 aliphatic carbocycles. The van der Waals surface area contributed by atoms with Gasteiger partial charge in [-0.25, -0.2) is 4.39 Å². The van der Waals surface area contributed by atoms with Gasteiger partial charge in [-0.3, -0.25) is 0 Å². The molecule has 1 aliphatic heterocycles. The van der Waals surface area contributed by atoms with Crippen molar-refractivity contribution in [2.45, 2.75) is 24.9 Å². The van der Waals surface area contributed by atoms with Gasteiger partial charge in [0, 0.05) is 34.8 Å². The minimum Gasteiger partial charge on any atom is -0.381 e. The molecule has 0 aromatic heterocycles. The van der Waals surface area contributed by atoms with Crippen molar-refractivity contribution in [3.8, 4) is 0 Å². The third-order valence-electron chi connectivity index (χ3n) is 4.38. The first-order chi connectivity index (χ1) is 11.1. The van der Waals surface area contributed by atoms with Crippen molar-refractivity contribution in [2.24, 2.45) is 0 Å². The summed E-state index contributed by atoms with van der Waals surface area (Å²) in [7, 11) is 0. The number of nitrogens with one attached hydrogen (secondary N) is 1. The zero-order valence-electron chi connectivity index (χ0n) is 12.6. The average molecular weight is 399 g/mol. The van der Waals surface area contributed by atoms with E-state index in [0.717, 1.165) is 28.4 Å². The van der Waals surface area contributed by atoms with E-state index in [1.807, 2.05) is 30.3 Å². The second-order valence-corrected chi connectivity index (χ2v) is 7.08. The maximum absolute atomic E-state index is 13.3. The van der Waals surface area contributed by atoms with Gasteiger partial charge in [-0.15, -0.1) is 0 Å². The highest BCUT2D eigenvalue weighted by atomic mass is 79.9. The molecular weight excluding hydrogens is 381 g/mol. The van der Waals surface area contributed by atoms with Crippen LogP contribution in [-0.2, 0) is 16.8 Å². The van der Waals surface area contributed by atoms with Gasteiger partial charge < -0.3 is 10.1 Å². The van der Waals surface area contributed by atoms with Gasteiger partial charge in [0.2, 0.25) is 0 Å². The molecule has 0 bridgehead atoms. The molecule has 2 nitrogen and oxygen atoms in total. The second-order valence-electron chi connectivity index (χ2n) is 5.79. The van der Waals surface area contributed by atoms with E-state index in [4.69, 9.17) is 16.3 Å². The fraction of sp³-hybridized carbons (Fsp3) is 0.333. The lowest BCUT2D eigenvalue weighted by atomic mass is 9.82. The van der Waals surface area contributed by atoms with Crippen molar-refractivity contribution in [3.05, 3.63) is 68.9 Å². The molecule has 0 amide bonds. The third-order valence-corrected chi connectivity index (χ3v) is 5.35. The van der Waals surface area contributed by atoms with Gasteiger partial charge in [0.1, 0.15) is 5.82 Å². The smallest absolute Gasteiger partial charge is 0.123 e. The maximum Gasteiger partial charge on any atom is 0.123 e. The molecule has 1 N–H and O–H groups in total. The van der Waals surface area contributed by atoms with Crippen LogP contribution in [0.25, 0.3) is 0 Å². The molecule has 1 saturated heterocycles. The molecule has 1 aliphatic rings. The number of hydrogen-bond acceptors (Lipinski definition) is 2. The van der Waals surface area contributed by atoms with E-state index in [1.54, 1.807) is 0 Å². The minimum atomic E-state index is -0.212. The Morgan fingerprint density at radius 2 is 1.83 bits per heavy atom. The molecule has 0 radical (unpaired) electrons. The van der Waals surface area contributed by atoms with E-state index < -0.39 is 0 Å². The Balaban J connectivity index is 1.83. The van der Waals surface area contributed by atoms with Crippen molar-refractivity contribution in [3.63, 3.8) is 0 Å². The lowest BCUT2D eigenvalue weighted by molar-refractivity contribution is 0.0357. The Labute approximate surface area is 149 Å². The van der Waals surface area contributed by atoms with E-state index in [1.165, 1.54) is 12.1 Å². The Kier molecular flexibility index (Phi) is 5.37. The summed E-state index contributed by atoms with van der Waals surface area (Å²) in [6, 6.07) is 12.6. The summed E-state index contributed by atoms with van der Waals surface area (Å²) >= 11 is 9.56. The summed E-state index contributed by atoms with van der Waals surface area (Å²) in [5.74, 6) is -0.212. The summed E-state index contributed by atoms with van der Waals surface area (Å²) in [6.07, 6.45) is 1.73. The van der Waals surface area contributed by atoms with Crippen molar-refractivity contribution < 1.29 is 9.13 Å². The Hall–Kier alpha value is -0.940. The largest absolute Gasteiger partial charge is 0.381 e. The SMILES string of the molecule is Fc1ccc(C2(NCc3ccc(Cl)cc3Br)CCOCC2)cc1. The Morgan fingerprint density at radius 3 is 2.48 bits per heavy atom. The topological polar surface area (TPSA) is 21.3 Å². The molecule has 2 aromatic rings. The van der Waals surface area contributed by atoms with Gasteiger partial charge in [0.05, 0.1) is 0 Å². The van der Waals surface area contributed by atoms with Crippen LogP contribution in [0.4, 0.5) is 4.39 Å². The number of ether oxygens (including phenoxy) is 1. The zero-order chi connectivity index (χ0) is 16.3. The van der Waals surface area contributed by atoms with Crippen LogP contribution >= 0.6 is 27.5 Å². The first-order valence-electron chi connectivity index (χ1n) is 7.62. The molecule has 122 valence electrons. The standard InChI is InChI=1S/C18H18BrClFNO/c19-17-11-15(20)4-1-13(17)12-22-18(7-9-23-10-8-18)14-2-5-16(21)6-3-14/h1-6,11,22H,7-10,12H2. The molecule has 5 heteroatoms. The van der Waals surface area contributed by atoms with Gasteiger partial charge in [0.25, 0.3) is 0 Å². The van der Waals surface area contributed by atoms with Crippen LogP contribution in [0.5, 0.6) is 0 Å². The summed E-state index contributed by atoms with van der Waals surface area (Å²) < 4.78 is 19.8. The Morgan fingerprint density at radius 1 is 1.13 bits per heavy atom. The second kappa shape index (κ2) is 7.31. The number of rotatable bonds is 4. The summed E-state index contributed by atoms with van der Waals surface area (Å²) in [5.41, 5.74) is 2.06. The van der Waals surface area contributed by atoms with Crippen molar-refractivity contribution >= 4 is 27.5 Å². The quantitative estimate of drug-likeness (QED) is 0.779. The fourth-order valence-electron chi connectivity index (χ4n) is 2.99. The highest BCUT2D eigenvalue weighted by molar-refractivity contribution is 9.10. The number of halogens is 3. The monoisotopic (exact) mass is 397 g/mol.